The van der Waals surface area contributed by atoms with E-state index in [9.17, 15) is 0 Å². The van der Waals surface area contributed by atoms with E-state index >= 15 is 0 Å². The molecule has 0 aromatic heterocycles. The first-order valence-corrected chi connectivity index (χ1v) is 6.61. The van der Waals surface area contributed by atoms with E-state index in [4.69, 9.17) is 23.2 Å². The molecule has 0 radical (unpaired) electrons. The maximum atomic E-state index is 6.11. The van der Waals surface area contributed by atoms with Gasteiger partial charge in [-0.3, -0.25) is 0 Å². The Bertz CT molecular complexity index is 518. The fraction of sp³-hybridized carbons (Fsp3) is 0.200. The molecule has 0 atom stereocenters. The van der Waals surface area contributed by atoms with Gasteiger partial charge in [0.2, 0.25) is 0 Å². The van der Waals surface area contributed by atoms with E-state index in [0.29, 0.717) is 16.6 Å². The summed E-state index contributed by atoms with van der Waals surface area (Å²) in [5.41, 5.74) is 3.48. The molecule has 0 spiro atoms. The number of rotatable bonds is 4. The predicted molar refractivity (Wildman–Crippen MR) is 78.2 cm³/mol. The van der Waals surface area contributed by atoms with E-state index in [1.165, 1.54) is 11.1 Å². The highest BCUT2D eigenvalue weighted by atomic mass is 35.5. The second-order valence-corrected chi connectivity index (χ2v) is 5.11. The highest BCUT2D eigenvalue weighted by molar-refractivity contribution is 6.35. The van der Waals surface area contributed by atoms with Crippen LogP contribution in [0, 0.1) is 6.92 Å². The van der Waals surface area contributed by atoms with Crippen LogP contribution in [0.1, 0.15) is 16.7 Å². The molecule has 94 valence electrons. The molecule has 3 heteroatoms. The molecule has 1 nitrogen and oxygen atoms in total. The van der Waals surface area contributed by atoms with Gasteiger partial charge in [-0.25, -0.2) is 0 Å². The van der Waals surface area contributed by atoms with Crippen LogP contribution in [0.3, 0.4) is 0 Å². The van der Waals surface area contributed by atoms with Crippen LogP contribution in [0.2, 0.25) is 10.0 Å². The fourth-order valence-electron chi connectivity index (χ4n) is 1.86. The normalized spacial score (nSPS) is 10.6. The minimum absolute atomic E-state index is 0.673. The van der Waals surface area contributed by atoms with Gasteiger partial charge in [0.1, 0.15) is 0 Å². The summed E-state index contributed by atoms with van der Waals surface area (Å²) >= 11 is 12.2. The van der Waals surface area contributed by atoms with Crippen molar-refractivity contribution in [2.45, 2.75) is 20.0 Å². The maximum Gasteiger partial charge on any atom is 0.0465 e. The van der Waals surface area contributed by atoms with E-state index in [2.05, 4.69) is 36.5 Å². The Labute approximate surface area is 118 Å². The standard InChI is InChI=1S/C15H15Cl2N/c1-11-4-2-5-12(8-11)9-18-10-13-14(16)6-3-7-15(13)17/h2-8,18H,9-10H2,1H3. The minimum atomic E-state index is 0.673. The largest absolute Gasteiger partial charge is 0.309 e. The highest BCUT2D eigenvalue weighted by Gasteiger charge is 2.04. The van der Waals surface area contributed by atoms with Gasteiger partial charge in [0.15, 0.2) is 0 Å². The minimum Gasteiger partial charge on any atom is -0.309 e. The topological polar surface area (TPSA) is 12.0 Å². The number of benzene rings is 2. The number of halogens is 2. The first kappa shape index (κ1) is 13.4. The Kier molecular flexibility index (Phi) is 4.65. The average Bonchev–Trinajstić information content (AvgIpc) is 2.33. The monoisotopic (exact) mass is 279 g/mol. The second kappa shape index (κ2) is 6.24. The summed E-state index contributed by atoms with van der Waals surface area (Å²) < 4.78 is 0. The van der Waals surface area contributed by atoms with Crippen molar-refractivity contribution in [2.75, 3.05) is 0 Å². The van der Waals surface area contributed by atoms with Crippen molar-refractivity contribution in [2.24, 2.45) is 0 Å². The SMILES string of the molecule is Cc1cccc(CNCc2c(Cl)cccc2Cl)c1. The molecule has 0 bridgehead atoms. The number of hydrogen-bond donors (Lipinski definition) is 1. The van der Waals surface area contributed by atoms with Crippen molar-refractivity contribution in [1.29, 1.82) is 0 Å². The molecular weight excluding hydrogens is 265 g/mol. The molecule has 18 heavy (non-hydrogen) atoms. The third-order valence-corrected chi connectivity index (χ3v) is 3.48. The number of nitrogens with one attached hydrogen (secondary N) is 1. The van der Waals surface area contributed by atoms with E-state index in [0.717, 1.165) is 12.1 Å². The van der Waals surface area contributed by atoms with E-state index in [1.54, 1.807) is 0 Å². The van der Waals surface area contributed by atoms with Crippen LogP contribution < -0.4 is 5.32 Å². The smallest absolute Gasteiger partial charge is 0.0465 e. The third kappa shape index (κ3) is 3.49. The first-order valence-electron chi connectivity index (χ1n) is 5.86. The van der Waals surface area contributed by atoms with Gasteiger partial charge in [-0.15, -0.1) is 0 Å². The van der Waals surface area contributed by atoms with Crippen molar-refractivity contribution in [3.05, 3.63) is 69.2 Å². The lowest BCUT2D eigenvalue weighted by Gasteiger charge is -2.09. The molecule has 0 saturated carbocycles. The van der Waals surface area contributed by atoms with Crippen molar-refractivity contribution in [3.63, 3.8) is 0 Å². The van der Waals surface area contributed by atoms with Crippen LogP contribution in [-0.4, -0.2) is 0 Å². The molecule has 0 aliphatic carbocycles. The van der Waals surface area contributed by atoms with Crippen LogP contribution in [0.4, 0.5) is 0 Å². The van der Waals surface area contributed by atoms with Crippen LogP contribution in [-0.2, 0) is 13.1 Å². The maximum absolute atomic E-state index is 6.11. The zero-order chi connectivity index (χ0) is 13.0. The lowest BCUT2D eigenvalue weighted by molar-refractivity contribution is 0.693. The molecule has 2 aromatic carbocycles. The van der Waals surface area contributed by atoms with Gasteiger partial charge in [0.05, 0.1) is 0 Å². The van der Waals surface area contributed by atoms with Crippen molar-refractivity contribution in [1.82, 2.24) is 5.32 Å². The molecular formula is C15H15Cl2N. The van der Waals surface area contributed by atoms with Gasteiger partial charge in [-0.05, 0) is 24.6 Å². The van der Waals surface area contributed by atoms with Crippen LogP contribution in [0.25, 0.3) is 0 Å². The molecule has 0 aliphatic heterocycles. The molecule has 0 fully saturated rings. The summed E-state index contributed by atoms with van der Waals surface area (Å²) in [6, 6.07) is 14.0. The summed E-state index contributed by atoms with van der Waals surface area (Å²) in [5.74, 6) is 0. The van der Waals surface area contributed by atoms with Crippen LogP contribution in [0.15, 0.2) is 42.5 Å². The summed E-state index contributed by atoms with van der Waals surface area (Å²) in [4.78, 5) is 0. The molecule has 2 rings (SSSR count). The van der Waals surface area contributed by atoms with E-state index < -0.39 is 0 Å². The molecule has 0 saturated heterocycles. The summed E-state index contributed by atoms with van der Waals surface area (Å²) in [5, 5.41) is 4.77. The lowest BCUT2D eigenvalue weighted by Crippen LogP contribution is -2.13. The van der Waals surface area contributed by atoms with E-state index in [-0.39, 0.29) is 0 Å². The van der Waals surface area contributed by atoms with Gasteiger partial charge in [0, 0.05) is 28.7 Å². The first-order chi connectivity index (χ1) is 8.66. The molecule has 0 amide bonds. The Hall–Kier alpha value is -1.02. The van der Waals surface area contributed by atoms with Crippen LogP contribution >= 0.6 is 23.2 Å². The Morgan fingerprint density at radius 2 is 1.61 bits per heavy atom. The predicted octanol–water partition coefficient (Wildman–Crippen LogP) is 4.59. The Morgan fingerprint density at radius 1 is 0.944 bits per heavy atom. The second-order valence-electron chi connectivity index (χ2n) is 4.29. The third-order valence-electron chi connectivity index (χ3n) is 2.78. The Balaban J connectivity index is 1.97. The summed E-state index contributed by atoms with van der Waals surface area (Å²) in [6.45, 7) is 3.57. The van der Waals surface area contributed by atoms with Crippen molar-refractivity contribution >= 4 is 23.2 Å². The zero-order valence-corrected chi connectivity index (χ0v) is 11.7. The highest BCUT2D eigenvalue weighted by Crippen LogP contribution is 2.23. The fourth-order valence-corrected chi connectivity index (χ4v) is 2.39. The quantitative estimate of drug-likeness (QED) is 0.863. The van der Waals surface area contributed by atoms with Gasteiger partial charge >= 0.3 is 0 Å². The van der Waals surface area contributed by atoms with Crippen molar-refractivity contribution in [3.8, 4) is 0 Å². The summed E-state index contributed by atoms with van der Waals surface area (Å²) in [7, 11) is 0. The van der Waals surface area contributed by atoms with Gasteiger partial charge in [-0.1, -0.05) is 59.1 Å². The zero-order valence-electron chi connectivity index (χ0n) is 10.2. The molecule has 2 aromatic rings. The van der Waals surface area contributed by atoms with Crippen LogP contribution in [0.5, 0.6) is 0 Å². The molecule has 0 aliphatic rings. The van der Waals surface area contributed by atoms with Crippen molar-refractivity contribution < 1.29 is 0 Å². The molecule has 0 unspecified atom stereocenters. The molecule has 0 heterocycles. The van der Waals surface area contributed by atoms with E-state index in [1.807, 2.05) is 18.2 Å². The average molecular weight is 280 g/mol. The number of hydrogen-bond acceptors (Lipinski definition) is 1. The van der Waals surface area contributed by atoms with Gasteiger partial charge in [-0.2, -0.15) is 0 Å². The summed E-state index contributed by atoms with van der Waals surface area (Å²) in [6.07, 6.45) is 0. The van der Waals surface area contributed by atoms with Gasteiger partial charge in [0.25, 0.3) is 0 Å². The Morgan fingerprint density at radius 3 is 2.28 bits per heavy atom. The molecule has 1 N–H and O–H groups in total. The lowest BCUT2D eigenvalue weighted by atomic mass is 10.1. The number of aryl methyl sites for hydroxylation is 1. The van der Waals surface area contributed by atoms with Gasteiger partial charge < -0.3 is 5.32 Å².